The Morgan fingerprint density at radius 3 is 3.00 bits per heavy atom. The van der Waals surface area contributed by atoms with E-state index < -0.39 is 0 Å². The third-order valence-corrected chi connectivity index (χ3v) is 3.62. The SMILES string of the molecule is N#CC(C1CCNCC1)n1ncc2cnccc21. The first kappa shape index (κ1) is 11.2. The number of hydrogen-bond acceptors (Lipinski definition) is 4. The lowest BCUT2D eigenvalue weighted by atomic mass is 9.91. The summed E-state index contributed by atoms with van der Waals surface area (Å²) >= 11 is 0. The molecule has 1 fully saturated rings. The van der Waals surface area contributed by atoms with Gasteiger partial charge in [-0.25, -0.2) is 4.68 Å². The maximum Gasteiger partial charge on any atom is 0.142 e. The van der Waals surface area contributed by atoms with E-state index in [4.69, 9.17) is 0 Å². The average molecular weight is 241 g/mol. The van der Waals surface area contributed by atoms with Crippen LogP contribution in [0.25, 0.3) is 10.9 Å². The molecule has 0 bridgehead atoms. The molecule has 3 rings (SSSR count). The molecule has 18 heavy (non-hydrogen) atoms. The maximum absolute atomic E-state index is 9.46. The summed E-state index contributed by atoms with van der Waals surface area (Å²) in [5.41, 5.74) is 0.995. The van der Waals surface area contributed by atoms with Gasteiger partial charge in [-0.15, -0.1) is 0 Å². The molecule has 0 radical (unpaired) electrons. The summed E-state index contributed by atoms with van der Waals surface area (Å²) in [6.07, 6.45) is 7.39. The van der Waals surface area contributed by atoms with Gasteiger partial charge in [0.1, 0.15) is 6.04 Å². The van der Waals surface area contributed by atoms with Gasteiger partial charge in [0.05, 0.1) is 17.8 Å². The van der Waals surface area contributed by atoms with Crippen LogP contribution in [-0.2, 0) is 0 Å². The van der Waals surface area contributed by atoms with Crippen LogP contribution in [0.15, 0.2) is 24.7 Å². The number of nitrogens with zero attached hydrogens (tertiary/aromatic N) is 4. The van der Waals surface area contributed by atoms with E-state index in [2.05, 4.69) is 21.5 Å². The highest BCUT2D eigenvalue weighted by atomic mass is 15.3. The fraction of sp³-hybridized carbons (Fsp3) is 0.462. The van der Waals surface area contributed by atoms with Crippen molar-refractivity contribution in [1.82, 2.24) is 20.1 Å². The van der Waals surface area contributed by atoms with Gasteiger partial charge >= 0.3 is 0 Å². The number of piperidine rings is 1. The van der Waals surface area contributed by atoms with Gasteiger partial charge < -0.3 is 5.32 Å². The summed E-state index contributed by atoms with van der Waals surface area (Å²) in [6, 6.07) is 4.17. The summed E-state index contributed by atoms with van der Waals surface area (Å²) in [5, 5.41) is 18.2. The molecule has 0 amide bonds. The van der Waals surface area contributed by atoms with Crippen molar-refractivity contribution in [2.45, 2.75) is 18.9 Å². The molecule has 3 heterocycles. The Bertz CT molecular complexity index is 576. The van der Waals surface area contributed by atoms with E-state index in [9.17, 15) is 5.26 Å². The number of fused-ring (bicyclic) bond motifs is 1. The van der Waals surface area contributed by atoms with E-state index in [1.165, 1.54) is 0 Å². The Hall–Kier alpha value is -1.93. The van der Waals surface area contributed by atoms with Gasteiger partial charge in [-0.2, -0.15) is 10.4 Å². The van der Waals surface area contributed by atoms with Crippen LogP contribution in [0.4, 0.5) is 0 Å². The summed E-state index contributed by atoms with van der Waals surface area (Å²) in [7, 11) is 0. The monoisotopic (exact) mass is 241 g/mol. The molecule has 0 saturated carbocycles. The van der Waals surface area contributed by atoms with Crippen LogP contribution < -0.4 is 5.32 Å². The number of pyridine rings is 1. The molecule has 1 atom stereocenters. The van der Waals surface area contributed by atoms with Crippen molar-refractivity contribution in [3.05, 3.63) is 24.7 Å². The highest BCUT2D eigenvalue weighted by molar-refractivity contribution is 5.77. The van der Waals surface area contributed by atoms with Gasteiger partial charge in [0.25, 0.3) is 0 Å². The van der Waals surface area contributed by atoms with Gasteiger partial charge in [0.15, 0.2) is 0 Å². The molecule has 1 aliphatic heterocycles. The zero-order chi connectivity index (χ0) is 12.4. The molecule has 5 heteroatoms. The summed E-state index contributed by atoms with van der Waals surface area (Å²) in [6.45, 7) is 1.98. The number of aromatic nitrogens is 3. The maximum atomic E-state index is 9.46. The van der Waals surface area contributed by atoms with Crippen molar-refractivity contribution in [1.29, 1.82) is 5.26 Å². The van der Waals surface area contributed by atoms with Crippen LogP contribution in [0.3, 0.4) is 0 Å². The van der Waals surface area contributed by atoms with E-state index in [1.807, 2.05) is 10.7 Å². The topological polar surface area (TPSA) is 66.5 Å². The molecule has 0 aromatic carbocycles. The van der Waals surface area contributed by atoms with E-state index in [0.29, 0.717) is 5.92 Å². The number of nitriles is 1. The minimum atomic E-state index is -0.174. The van der Waals surface area contributed by atoms with Gasteiger partial charge in [-0.05, 0) is 37.9 Å². The first-order valence-corrected chi connectivity index (χ1v) is 6.27. The summed E-state index contributed by atoms with van der Waals surface area (Å²) < 4.78 is 1.85. The zero-order valence-corrected chi connectivity index (χ0v) is 10.1. The molecule has 1 saturated heterocycles. The van der Waals surface area contributed by atoms with Crippen molar-refractivity contribution in [2.24, 2.45) is 5.92 Å². The van der Waals surface area contributed by atoms with Crippen molar-refractivity contribution in [2.75, 3.05) is 13.1 Å². The second-order valence-corrected chi connectivity index (χ2v) is 4.68. The average Bonchev–Trinajstić information content (AvgIpc) is 2.85. The molecule has 2 aromatic rings. The van der Waals surface area contributed by atoms with Crippen LogP contribution in [0.1, 0.15) is 18.9 Å². The first-order chi connectivity index (χ1) is 8.90. The van der Waals surface area contributed by atoms with Crippen molar-refractivity contribution in [3.8, 4) is 6.07 Å². The molecule has 0 spiro atoms. The van der Waals surface area contributed by atoms with Gasteiger partial charge in [0, 0.05) is 17.8 Å². The molecule has 92 valence electrons. The largest absolute Gasteiger partial charge is 0.317 e. The Balaban J connectivity index is 1.98. The van der Waals surface area contributed by atoms with E-state index in [-0.39, 0.29) is 6.04 Å². The fourth-order valence-corrected chi connectivity index (χ4v) is 2.64. The predicted octanol–water partition coefficient (Wildman–Crippen LogP) is 1.50. The minimum absolute atomic E-state index is 0.174. The number of rotatable bonds is 2. The number of hydrogen-bond donors (Lipinski definition) is 1. The van der Waals surface area contributed by atoms with Crippen LogP contribution in [0.2, 0.25) is 0 Å². The Morgan fingerprint density at radius 1 is 1.39 bits per heavy atom. The van der Waals surface area contributed by atoms with Crippen molar-refractivity contribution < 1.29 is 0 Å². The quantitative estimate of drug-likeness (QED) is 0.865. The second-order valence-electron chi connectivity index (χ2n) is 4.68. The predicted molar refractivity (Wildman–Crippen MR) is 67.8 cm³/mol. The van der Waals surface area contributed by atoms with Crippen LogP contribution in [-0.4, -0.2) is 27.9 Å². The molecular weight excluding hydrogens is 226 g/mol. The summed E-state index contributed by atoms with van der Waals surface area (Å²) in [4.78, 5) is 4.08. The third-order valence-electron chi connectivity index (χ3n) is 3.62. The lowest BCUT2D eigenvalue weighted by Crippen LogP contribution is -2.32. The molecular formula is C13H15N5. The van der Waals surface area contributed by atoms with E-state index >= 15 is 0 Å². The molecule has 1 N–H and O–H groups in total. The zero-order valence-electron chi connectivity index (χ0n) is 10.1. The molecule has 0 aliphatic carbocycles. The minimum Gasteiger partial charge on any atom is -0.317 e. The standard InChI is InChI=1S/C13H15N5/c14-7-13(10-1-4-15-5-2-10)18-12-3-6-16-8-11(12)9-17-18/h3,6,8-10,13,15H,1-2,4-5H2. The summed E-state index contributed by atoms with van der Waals surface area (Å²) in [5.74, 6) is 0.382. The Labute approximate surface area is 105 Å². The molecule has 2 aromatic heterocycles. The normalized spacial score (nSPS) is 18.6. The Morgan fingerprint density at radius 2 is 2.22 bits per heavy atom. The second kappa shape index (κ2) is 4.75. The van der Waals surface area contributed by atoms with E-state index in [1.54, 1.807) is 18.6 Å². The first-order valence-electron chi connectivity index (χ1n) is 6.27. The molecule has 5 nitrogen and oxygen atoms in total. The van der Waals surface area contributed by atoms with Crippen LogP contribution in [0.5, 0.6) is 0 Å². The smallest absolute Gasteiger partial charge is 0.142 e. The lowest BCUT2D eigenvalue weighted by molar-refractivity contribution is 0.294. The van der Waals surface area contributed by atoms with E-state index in [0.717, 1.165) is 36.8 Å². The highest BCUT2D eigenvalue weighted by Gasteiger charge is 2.26. The van der Waals surface area contributed by atoms with Gasteiger partial charge in [-0.1, -0.05) is 0 Å². The highest BCUT2D eigenvalue weighted by Crippen LogP contribution is 2.28. The van der Waals surface area contributed by atoms with Crippen molar-refractivity contribution in [3.63, 3.8) is 0 Å². The third kappa shape index (κ3) is 1.85. The van der Waals surface area contributed by atoms with Crippen LogP contribution >= 0.6 is 0 Å². The van der Waals surface area contributed by atoms with Gasteiger partial charge in [-0.3, -0.25) is 4.98 Å². The van der Waals surface area contributed by atoms with Crippen LogP contribution in [0, 0.1) is 17.2 Å². The van der Waals surface area contributed by atoms with Gasteiger partial charge in [0.2, 0.25) is 0 Å². The van der Waals surface area contributed by atoms with Crippen molar-refractivity contribution >= 4 is 10.9 Å². The molecule has 1 unspecified atom stereocenters. The lowest BCUT2D eigenvalue weighted by Gasteiger charge is -2.26. The number of nitrogens with one attached hydrogen (secondary N) is 1. The fourth-order valence-electron chi connectivity index (χ4n) is 2.64. The molecule has 1 aliphatic rings. The Kier molecular flexibility index (Phi) is 2.95.